The number of ether oxygens (including phenoxy) is 1. The van der Waals surface area contributed by atoms with Crippen molar-refractivity contribution in [3.05, 3.63) is 28.3 Å². The summed E-state index contributed by atoms with van der Waals surface area (Å²) >= 11 is 0. The highest BCUT2D eigenvalue weighted by molar-refractivity contribution is 5.60. The zero-order chi connectivity index (χ0) is 13.8. The predicted octanol–water partition coefficient (Wildman–Crippen LogP) is 2.90. The van der Waals surface area contributed by atoms with Gasteiger partial charge >= 0.3 is 6.18 Å². The van der Waals surface area contributed by atoms with Gasteiger partial charge in [-0.3, -0.25) is 10.1 Å². The van der Waals surface area contributed by atoms with Crippen LogP contribution in [0.2, 0.25) is 0 Å². The number of nitrogens with two attached hydrogens (primary N) is 1. The second-order valence-electron chi connectivity index (χ2n) is 3.54. The molecule has 0 aromatic heterocycles. The van der Waals surface area contributed by atoms with E-state index in [-0.39, 0.29) is 30.2 Å². The first-order valence-corrected chi connectivity index (χ1v) is 5.03. The number of halogens is 3. The van der Waals surface area contributed by atoms with E-state index in [4.69, 9.17) is 10.5 Å². The van der Waals surface area contributed by atoms with Crippen molar-refractivity contribution >= 4 is 11.4 Å². The van der Waals surface area contributed by atoms with Crippen LogP contribution in [0.25, 0.3) is 0 Å². The monoisotopic (exact) mass is 264 g/mol. The summed E-state index contributed by atoms with van der Waals surface area (Å²) in [5.74, 6) is 0.209. The Balaban J connectivity index is 2.49. The van der Waals surface area contributed by atoms with Crippen LogP contribution in [-0.4, -0.2) is 17.7 Å². The fraction of sp³-hybridized carbons (Fsp3) is 0.400. The summed E-state index contributed by atoms with van der Waals surface area (Å²) in [7, 11) is 0. The highest BCUT2D eigenvalue weighted by Crippen LogP contribution is 2.26. The number of nitrogens with zero attached hydrogens (tertiary/aromatic N) is 1. The molecule has 0 spiro atoms. The van der Waals surface area contributed by atoms with Crippen LogP contribution >= 0.6 is 0 Å². The van der Waals surface area contributed by atoms with E-state index in [2.05, 4.69) is 0 Å². The average molecular weight is 264 g/mol. The van der Waals surface area contributed by atoms with Crippen molar-refractivity contribution in [1.29, 1.82) is 0 Å². The molecule has 0 amide bonds. The summed E-state index contributed by atoms with van der Waals surface area (Å²) < 4.78 is 40.5. The molecular weight excluding hydrogens is 253 g/mol. The highest BCUT2D eigenvalue weighted by Gasteiger charge is 2.26. The minimum absolute atomic E-state index is 0.0895. The van der Waals surface area contributed by atoms with Crippen LogP contribution < -0.4 is 10.5 Å². The Morgan fingerprint density at radius 1 is 1.39 bits per heavy atom. The molecule has 0 aliphatic heterocycles. The van der Waals surface area contributed by atoms with Gasteiger partial charge in [0.2, 0.25) is 0 Å². The number of rotatable bonds is 5. The van der Waals surface area contributed by atoms with Crippen molar-refractivity contribution in [3.8, 4) is 5.75 Å². The molecule has 0 bridgehead atoms. The van der Waals surface area contributed by atoms with Crippen LogP contribution in [0.3, 0.4) is 0 Å². The molecule has 0 saturated heterocycles. The average Bonchev–Trinajstić information content (AvgIpc) is 2.22. The molecule has 2 N–H and O–H groups in total. The number of anilines is 1. The second kappa shape index (κ2) is 5.56. The summed E-state index contributed by atoms with van der Waals surface area (Å²) in [6, 6.07) is 3.65. The molecule has 0 heterocycles. The van der Waals surface area contributed by atoms with Gasteiger partial charge in [-0.2, -0.15) is 13.2 Å². The van der Waals surface area contributed by atoms with Crippen LogP contribution in [0.5, 0.6) is 5.75 Å². The molecule has 1 rings (SSSR count). The fourth-order valence-corrected chi connectivity index (χ4v) is 1.25. The Bertz CT molecular complexity index is 435. The lowest BCUT2D eigenvalue weighted by molar-refractivity contribution is -0.383. The lowest BCUT2D eigenvalue weighted by Crippen LogP contribution is -2.09. The van der Waals surface area contributed by atoms with Gasteiger partial charge in [-0.15, -0.1) is 0 Å². The van der Waals surface area contributed by atoms with Crippen molar-refractivity contribution in [2.24, 2.45) is 0 Å². The molecule has 1 aromatic rings. The van der Waals surface area contributed by atoms with Crippen molar-refractivity contribution in [2.45, 2.75) is 19.0 Å². The van der Waals surface area contributed by atoms with Gasteiger partial charge in [0.15, 0.2) is 0 Å². The largest absolute Gasteiger partial charge is 0.494 e. The number of alkyl halides is 3. The Morgan fingerprint density at radius 3 is 2.56 bits per heavy atom. The van der Waals surface area contributed by atoms with Crippen LogP contribution in [0.1, 0.15) is 12.8 Å². The van der Waals surface area contributed by atoms with E-state index in [1.165, 1.54) is 12.1 Å². The van der Waals surface area contributed by atoms with Crippen LogP contribution in [-0.2, 0) is 0 Å². The van der Waals surface area contributed by atoms with Crippen LogP contribution in [0, 0.1) is 10.1 Å². The van der Waals surface area contributed by atoms with Gasteiger partial charge in [0.1, 0.15) is 11.4 Å². The molecule has 0 saturated carbocycles. The van der Waals surface area contributed by atoms with Gasteiger partial charge in [0, 0.05) is 18.6 Å². The Morgan fingerprint density at radius 2 is 2.06 bits per heavy atom. The summed E-state index contributed by atoms with van der Waals surface area (Å²) in [6.45, 7) is -0.128. The van der Waals surface area contributed by atoms with Crippen molar-refractivity contribution in [3.63, 3.8) is 0 Å². The summed E-state index contributed by atoms with van der Waals surface area (Å²) in [5.41, 5.74) is 5.04. The number of hydrogen-bond donors (Lipinski definition) is 1. The zero-order valence-corrected chi connectivity index (χ0v) is 9.24. The van der Waals surface area contributed by atoms with E-state index in [0.717, 1.165) is 6.07 Å². The van der Waals surface area contributed by atoms with Crippen LogP contribution in [0.4, 0.5) is 24.5 Å². The molecule has 0 atom stereocenters. The Kier molecular flexibility index (Phi) is 4.35. The third-order valence-corrected chi connectivity index (χ3v) is 2.07. The number of nitrogen functional groups attached to an aromatic ring is 1. The molecule has 0 aliphatic rings. The smallest absolute Gasteiger partial charge is 0.389 e. The zero-order valence-electron chi connectivity index (χ0n) is 9.24. The number of benzene rings is 1. The van der Waals surface area contributed by atoms with Gasteiger partial charge in [0.05, 0.1) is 11.5 Å². The lowest BCUT2D eigenvalue weighted by Gasteiger charge is -2.08. The minimum Gasteiger partial charge on any atom is -0.494 e. The fourth-order valence-electron chi connectivity index (χ4n) is 1.25. The van der Waals surface area contributed by atoms with E-state index in [1.54, 1.807) is 0 Å². The molecular formula is C10H11F3N2O3. The normalized spacial score (nSPS) is 11.3. The predicted molar refractivity (Wildman–Crippen MR) is 58.3 cm³/mol. The maximum Gasteiger partial charge on any atom is 0.389 e. The van der Waals surface area contributed by atoms with E-state index in [1.807, 2.05) is 0 Å². The highest BCUT2D eigenvalue weighted by atomic mass is 19.4. The first-order chi connectivity index (χ1) is 8.29. The summed E-state index contributed by atoms with van der Waals surface area (Å²) in [6.07, 6.45) is -5.33. The number of nitro groups is 1. The lowest BCUT2D eigenvalue weighted by atomic mass is 10.2. The first kappa shape index (κ1) is 14.1. The number of nitro benzene ring substituents is 1. The van der Waals surface area contributed by atoms with E-state index in [0.29, 0.717) is 0 Å². The Hall–Kier alpha value is -1.99. The molecule has 1 aromatic carbocycles. The summed E-state index contributed by atoms with van der Waals surface area (Å²) in [4.78, 5) is 9.81. The van der Waals surface area contributed by atoms with Gasteiger partial charge in [-0.1, -0.05) is 0 Å². The Labute approximate surface area is 100 Å². The topological polar surface area (TPSA) is 78.4 Å². The molecule has 0 aliphatic carbocycles. The molecule has 5 nitrogen and oxygen atoms in total. The standard InChI is InChI=1S/C10H11F3N2O3/c11-10(12,13)4-1-5-18-7-2-3-9(15(16)17)8(14)6-7/h2-3,6H,1,4-5,14H2. The maximum atomic E-state index is 11.8. The van der Waals surface area contributed by atoms with E-state index >= 15 is 0 Å². The van der Waals surface area contributed by atoms with E-state index in [9.17, 15) is 23.3 Å². The SMILES string of the molecule is Nc1cc(OCCCC(F)(F)F)ccc1[N+](=O)[O-]. The van der Waals surface area contributed by atoms with Crippen molar-refractivity contribution in [1.82, 2.24) is 0 Å². The third-order valence-electron chi connectivity index (χ3n) is 2.07. The number of hydrogen-bond acceptors (Lipinski definition) is 4. The quantitative estimate of drug-likeness (QED) is 0.384. The molecule has 0 unspecified atom stereocenters. The summed E-state index contributed by atoms with van der Waals surface area (Å²) in [5, 5.41) is 10.5. The third kappa shape index (κ3) is 4.48. The molecule has 100 valence electrons. The van der Waals surface area contributed by atoms with Crippen LogP contribution in [0.15, 0.2) is 18.2 Å². The molecule has 0 fully saturated rings. The van der Waals surface area contributed by atoms with E-state index < -0.39 is 17.5 Å². The van der Waals surface area contributed by atoms with Gasteiger partial charge in [0.25, 0.3) is 5.69 Å². The molecule has 8 heteroatoms. The van der Waals surface area contributed by atoms with Gasteiger partial charge < -0.3 is 10.5 Å². The minimum atomic E-state index is -4.21. The first-order valence-electron chi connectivity index (χ1n) is 5.03. The second-order valence-corrected chi connectivity index (χ2v) is 3.54. The maximum absolute atomic E-state index is 11.8. The van der Waals surface area contributed by atoms with Crippen molar-refractivity contribution < 1.29 is 22.8 Å². The van der Waals surface area contributed by atoms with Gasteiger partial charge in [-0.25, -0.2) is 0 Å². The van der Waals surface area contributed by atoms with Gasteiger partial charge in [-0.05, 0) is 12.5 Å². The molecule has 0 radical (unpaired) electrons. The molecule has 18 heavy (non-hydrogen) atoms. The van der Waals surface area contributed by atoms with Crippen molar-refractivity contribution in [2.75, 3.05) is 12.3 Å².